The van der Waals surface area contributed by atoms with Gasteiger partial charge in [0.05, 0.1) is 10.5 Å². The Hall–Kier alpha value is -0.0931. The molecule has 14 heavy (non-hydrogen) atoms. The highest BCUT2D eigenvalue weighted by Gasteiger charge is 2.41. The lowest BCUT2D eigenvalue weighted by Gasteiger charge is -2.28. The van der Waals surface area contributed by atoms with Crippen molar-refractivity contribution >= 4 is 19.1 Å². The minimum Gasteiger partial charge on any atom is -0.546 e. The summed E-state index contributed by atoms with van der Waals surface area (Å²) in [7, 11) is -2.38. The van der Waals surface area contributed by atoms with Gasteiger partial charge in [0.25, 0.3) is 0 Å². The first kappa shape index (κ1) is 12.0. The third-order valence-electron chi connectivity index (χ3n) is 2.26. The molecule has 0 aromatic carbocycles. The number of hydrogen-bond donors (Lipinski definition) is 0. The highest BCUT2D eigenvalue weighted by molar-refractivity contribution is 7.87. The zero-order chi connectivity index (χ0) is 11.1. The van der Waals surface area contributed by atoms with Gasteiger partial charge in [0.2, 0.25) is 8.32 Å². The van der Waals surface area contributed by atoms with E-state index in [-0.39, 0.29) is 4.75 Å². The van der Waals surface area contributed by atoms with E-state index in [1.54, 1.807) is 0 Å². The van der Waals surface area contributed by atoms with Gasteiger partial charge in [-0.05, 0) is 46.0 Å². The van der Waals surface area contributed by atoms with Crippen LogP contribution in [0.2, 0.25) is 19.6 Å². The maximum atomic E-state index is 11.8. The molecule has 1 aliphatic rings. The van der Waals surface area contributed by atoms with E-state index in [4.69, 9.17) is 4.43 Å². The highest BCUT2D eigenvalue weighted by atomic mass is 32.2. The van der Waals surface area contributed by atoms with Gasteiger partial charge >= 0.3 is 0 Å². The molecule has 0 aromatic rings. The molecule has 0 aliphatic carbocycles. The van der Waals surface area contributed by atoms with Crippen LogP contribution in [0, 0.1) is 0 Å². The van der Waals surface area contributed by atoms with E-state index in [2.05, 4.69) is 19.6 Å². The SMILES string of the molecule is CC1=C(O[Si](C)(C)C)C(C)(C)S(=O)C1. The molecule has 0 amide bonds. The first-order chi connectivity index (χ1) is 6.14. The van der Waals surface area contributed by atoms with Gasteiger partial charge in [0.15, 0.2) is 0 Å². The lowest BCUT2D eigenvalue weighted by atomic mass is 10.1. The fraction of sp³-hybridized carbons (Fsp3) is 0.800. The molecule has 1 atom stereocenters. The Balaban J connectivity index is 2.97. The quantitative estimate of drug-likeness (QED) is 0.684. The summed E-state index contributed by atoms with van der Waals surface area (Å²) < 4.78 is 17.5. The van der Waals surface area contributed by atoms with Crippen molar-refractivity contribution in [1.82, 2.24) is 0 Å². The molecule has 2 nitrogen and oxygen atoms in total. The summed E-state index contributed by atoms with van der Waals surface area (Å²) in [5, 5.41) is 0. The van der Waals surface area contributed by atoms with E-state index in [1.165, 1.54) is 0 Å². The molecule has 1 aliphatic heterocycles. The average Bonchev–Trinajstić information content (AvgIpc) is 2.11. The lowest BCUT2D eigenvalue weighted by Crippen LogP contribution is -2.34. The summed E-state index contributed by atoms with van der Waals surface area (Å²) >= 11 is 0. The molecule has 1 unspecified atom stereocenters. The Morgan fingerprint density at radius 2 is 1.86 bits per heavy atom. The standard InChI is InChI=1S/C10H20O2SSi/c1-8-7-13(11)10(2,3)9(8)12-14(4,5)6/h7H2,1-6H3. The van der Waals surface area contributed by atoms with Crippen LogP contribution in [0.5, 0.6) is 0 Å². The third kappa shape index (κ3) is 2.28. The fourth-order valence-electron chi connectivity index (χ4n) is 1.58. The van der Waals surface area contributed by atoms with Gasteiger partial charge in [-0.3, -0.25) is 4.21 Å². The minimum atomic E-state index is -1.57. The van der Waals surface area contributed by atoms with Crippen molar-refractivity contribution in [3.63, 3.8) is 0 Å². The van der Waals surface area contributed by atoms with E-state index < -0.39 is 19.1 Å². The van der Waals surface area contributed by atoms with Crippen LogP contribution >= 0.6 is 0 Å². The summed E-state index contributed by atoms with van der Waals surface area (Å²) in [6, 6.07) is 0. The van der Waals surface area contributed by atoms with Gasteiger partial charge < -0.3 is 4.43 Å². The third-order valence-corrected chi connectivity index (χ3v) is 5.09. The Labute approximate surface area is 90.3 Å². The molecule has 82 valence electrons. The summed E-state index contributed by atoms with van der Waals surface area (Å²) in [6.07, 6.45) is 0. The fourth-order valence-corrected chi connectivity index (χ4v) is 4.00. The van der Waals surface area contributed by atoms with Crippen molar-refractivity contribution < 1.29 is 8.63 Å². The predicted molar refractivity (Wildman–Crippen MR) is 64.2 cm³/mol. The molecular formula is C10H20O2SSi. The summed E-state index contributed by atoms with van der Waals surface area (Å²) in [4.78, 5) is 0. The maximum absolute atomic E-state index is 11.8. The Kier molecular flexibility index (Phi) is 2.98. The second-order valence-corrected chi connectivity index (χ2v) is 11.8. The molecule has 1 heterocycles. The minimum absolute atomic E-state index is 0.287. The van der Waals surface area contributed by atoms with Crippen molar-refractivity contribution in [1.29, 1.82) is 0 Å². The van der Waals surface area contributed by atoms with Crippen LogP contribution in [0.1, 0.15) is 20.8 Å². The van der Waals surface area contributed by atoms with E-state index >= 15 is 0 Å². The van der Waals surface area contributed by atoms with Crippen LogP contribution in [0.4, 0.5) is 0 Å². The summed E-state index contributed by atoms with van der Waals surface area (Å²) in [6.45, 7) is 12.5. The van der Waals surface area contributed by atoms with Crippen LogP contribution in [-0.4, -0.2) is 23.0 Å². The molecule has 0 saturated heterocycles. The van der Waals surface area contributed by atoms with Crippen LogP contribution in [0.3, 0.4) is 0 Å². The zero-order valence-electron chi connectivity index (χ0n) is 9.93. The molecule has 0 fully saturated rings. The topological polar surface area (TPSA) is 26.3 Å². The van der Waals surface area contributed by atoms with Crippen LogP contribution in [-0.2, 0) is 15.2 Å². The largest absolute Gasteiger partial charge is 0.546 e. The van der Waals surface area contributed by atoms with Crippen molar-refractivity contribution in [2.24, 2.45) is 0 Å². The van der Waals surface area contributed by atoms with E-state index in [9.17, 15) is 4.21 Å². The molecule has 0 radical (unpaired) electrons. The van der Waals surface area contributed by atoms with Gasteiger partial charge in [-0.15, -0.1) is 0 Å². The lowest BCUT2D eigenvalue weighted by molar-refractivity contribution is 0.374. The summed E-state index contributed by atoms with van der Waals surface area (Å²) in [5.41, 5.74) is 1.16. The molecular weight excluding hydrogens is 212 g/mol. The van der Waals surface area contributed by atoms with Gasteiger partial charge in [-0.1, -0.05) is 0 Å². The first-order valence-electron chi connectivity index (χ1n) is 4.92. The molecule has 0 N–H and O–H groups in total. The second kappa shape index (κ2) is 3.49. The summed E-state index contributed by atoms with van der Waals surface area (Å²) in [5.74, 6) is 1.65. The Morgan fingerprint density at radius 1 is 1.36 bits per heavy atom. The Bertz CT molecular complexity index is 300. The van der Waals surface area contributed by atoms with Crippen LogP contribution in [0.15, 0.2) is 11.3 Å². The Morgan fingerprint density at radius 3 is 2.14 bits per heavy atom. The van der Waals surface area contributed by atoms with Crippen molar-refractivity contribution in [3.8, 4) is 0 Å². The average molecular weight is 232 g/mol. The molecule has 0 saturated carbocycles. The van der Waals surface area contributed by atoms with E-state index in [0.29, 0.717) is 5.75 Å². The zero-order valence-corrected chi connectivity index (χ0v) is 11.7. The second-order valence-electron chi connectivity index (χ2n) is 5.32. The predicted octanol–water partition coefficient (Wildman–Crippen LogP) is 2.65. The van der Waals surface area contributed by atoms with E-state index in [0.717, 1.165) is 11.3 Å². The molecule has 0 aromatic heterocycles. The van der Waals surface area contributed by atoms with Crippen LogP contribution < -0.4 is 0 Å². The highest BCUT2D eigenvalue weighted by Crippen LogP contribution is 2.36. The number of rotatable bonds is 2. The number of hydrogen-bond acceptors (Lipinski definition) is 2. The van der Waals surface area contributed by atoms with Crippen LogP contribution in [0.25, 0.3) is 0 Å². The van der Waals surface area contributed by atoms with Gasteiger partial charge in [0.1, 0.15) is 0 Å². The van der Waals surface area contributed by atoms with Gasteiger partial charge in [-0.2, -0.15) is 0 Å². The van der Waals surface area contributed by atoms with Gasteiger partial charge in [-0.25, -0.2) is 0 Å². The van der Waals surface area contributed by atoms with Crippen molar-refractivity contribution in [2.45, 2.75) is 45.2 Å². The van der Waals surface area contributed by atoms with Crippen molar-refractivity contribution in [2.75, 3.05) is 5.75 Å². The monoisotopic (exact) mass is 232 g/mol. The normalized spacial score (nSPS) is 26.9. The molecule has 1 rings (SSSR count). The van der Waals surface area contributed by atoms with Crippen molar-refractivity contribution in [3.05, 3.63) is 11.3 Å². The smallest absolute Gasteiger partial charge is 0.241 e. The molecule has 4 heteroatoms. The maximum Gasteiger partial charge on any atom is 0.241 e. The molecule has 0 spiro atoms. The van der Waals surface area contributed by atoms with Gasteiger partial charge in [0, 0.05) is 16.6 Å². The van der Waals surface area contributed by atoms with E-state index in [1.807, 2.05) is 20.8 Å². The molecule has 0 bridgehead atoms. The first-order valence-corrected chi connectivity index (χ1v) is 9.65.